The van der Waals surface area contributed by atoms with Crippen molar-refractivity contribution in [2.75, 3.05) is 21.3 Å². The van der Waals surface area contributed by atoms with E-state index in [0.29, 0.717) is 18.1 Å². The van der Waals surface area contributed by atoms with Crippen molar-refractivity contribution in [2.45, 2.75) is 26.4 Å². The van der Waals surface area contributed by atoms with Gasteiger partial charge in [-0.25, -0.2) is 4.39 Å². The average molecular weight is 359 g/mol. The molecule has 0 aliphatic rings. The van der Waals surface area contributed by atoms with Crippen LogP contribution in [0.4, 0.5) is 4.39 Å². The number of hydrogen-bond donors (Lipinski definition) is 2. The number of aryl methyl sites for hydroxylation is 1. The van der Waals surface area contributed by atoms with E-state index >= 15 is 0 Å². The Morgan fingerprint density at radius 2 is 1.92 bits per heavy atom. The smallest absolute Gasteiger partial charge is 0.191 e. The molecule has 0 saturated heterocycles. The van der Waals surface area contributed by atoms with E-state index in [9.17, 15) is 4.39 Å². The van der Waals surface area contributed by atoms with Crippen molar-refractivity contribution in [3.05, 3.63) is 58.9 Å². The third-order valence-electron chi connectivity index (χ3n) is 4.21. The van der Waals surface area contributed by atoms with Gasteiger partial charge in [0.15, 0.2) is 5.96 Å². The zero-order chi connectivity index (χ0) is 19.1. The van der Waals surface area contributed by atoms with E-state index in [4.69, 9.17) is 9.47 Å². The zero-order valence-electron chi connectivity index (χ0n) is 15.9. The first-order valence-electron chi connectivity index (χ1n) is 8.42. The van der Waals surface area contributed by atoms with Crippen molar-refractivity contribution in [1.82, 2.24) is 10.6 Å². The van der Waals surface area contributed by atoms with Gasteiger partial charge in [0, 0.05) is 25.2 Å². The minimum Gasteiger partial charge on any atom is -0.497 e. The number of aliphatic imine (C=N–C) groups is 1. The highest BCUT2D eigenvalue weighted by atomic mass is 19.1. The number of rotatable bonds is 6. The molecule has 0 spiro atoms. The van der Waals surface area contributed by atoms with Crippen LogP contribution in [0.5, 0.6) is 11.5 Å². The highest BCUT2D eigenvalue weighted by Gasteiger charge is 2.11. The Balaban J connectivity index is 2.02. The van der Waals surface area contributed by atoms with E-state index in [1.807, 2.05) is 31.2 Å². The number of ether oxygens (including phenoxy) is 2. The lowest BCUT2D eigenvalue weighted by atomic mass is 10.1. The average Bonchev–Trinajstić information content (AvgIpc) is 2.66. The third kappa shape index (κ3) is 4.88. The van der Waals surface area contributed by atoms with Crippen molar-refractivity contribution >= 4 is 5.96 Å². The van der Waals surface area contributed by atoms with Gasteiger partial charge < -0.3 is 20.1 Å². The van der Waals surface area contributed by atoms with Crippen LogP contribution in [0.25, 0.3) is 0 Å². The van der Waals surface area contributed by atoms with Crippen molar-refractivity contribution in [3.8, 4) is 11.5 Å². The first-order valence-corrected chi connectivity index (χ1v) is 8.42. The number of methoxy groups -OCH3 is 2. The van der Waals surface area contributed by atoms with Gasteiger partial charge in [-0.3, -0.25) is 4.99 Å². The van der Waals surface area contributed by atoms with Crippen LogP contribution >= 0.6 is 0 Å². The lowest BCUT2D eigenvalue weighted by Crippen LogP contribution is -2.38. The van der Waals surface area contributed by atoms with E-state index in [1.54, 1.807) is 40.3 Å². The molecule has 2 N–H and O–H groups in total. The van der Waals surface area contributed by atoms with E-state index in [0.717, 1.165) is 22.6 Å². The van der Waals surface area contributed by atoms with Gasteiger partial charge in [-0.15, -0.1) is 0 Å². The fourth-order valence-electron chi connectivity index (χ4n) is 2.54. The van der Waals surface area contributed by atoms with E-state index in [-0.39, 0.29) is 11.9 Å². The van der Waals surface area contributed by atoms with E-state index < -0.39 is 0 Å². The first-order chi connectivity index (χ1) is 12.5. The monoisotopic (exact) mass is 359 g/mol. The molecule has 0 aromatic heterocycles. The Labute approximate surface area is 154 Å². The molecule has 0 aliphatic carbocycles. The summed E-state index contributed by atoms with van der Waals surface area (Å²) in [7, 11) is 4.94. The Bertz CT molecular complexity index is 778. The molecular formula is C20H26FN3O2. The molecule has 26 heavy (non-hydrogen) atoms. The van der Waals surface area contributed by atoms with E-state index in [2.05, 4.69) is 15.6 Å². The maximum Gasteiger partial charge on any atom is 0.191 e. The van der Waals surface area contributed by atoms with Crippen LogP contribution in [0, 0.1) is 12.7 Å². The summed E-state index contributed by atoms with van der Waals surface area (Å²) in [6, 6.07) is 10.8. The highest BCUT2D eigenvalue weighted by Crippen LogP contribution is 2.24. The van der Waals surface area contributed by atoms with Crippen LogP contribution in [-0.2, 0) is 6.54 Å². The van der Waals surface area contributed by atoms with E-state index in [1.165, 1.54) is 0 Å². The van der Waals surface area contributed by atoms with Crippen molar-refractivity contribution < 1.29 is 13.9 Å². The normalized spacial score (nSPS) is 12.5. The van der Waals surface area contributed by atoms with Gasteiger partial charge in [-0.1, -0.05) is 12.1 Å². The summed E-state index contributed by atoms with van der Waals surface area (Å²) in [6.45, 7) is 4.24. The molecule has 1 unspecified atom stereocenters. The van der Waals surface area contributed by atoms with Crippen molar-refractivity contribution in [3.63, 3.8) is 0 Å². The maximum absolute atomic E-state index is 13.8. The molecule has 140 valence electrons. The molecule has 2 aromatic rings. The molecule has 5 nitrogen and oxygen atoms in total. The first kappa shape index (κ1) is 19.6. The van der Waals surface area contributed by atoms with Gasteiger partial charge in [0.25, 0.3) is 0 Å². The van der Waals surface area contributed by atoms with Crippen molar-refractivity contribution in [2.24, 2.45) is 4.99 Å². The van der Waals surface area contributed by atoms with Gasteiger partial charge in [-0.05, 0) is 43.2 Å². The van der Waals surface area contributed by atoms with Crippen LogP contribution < -0.4 is 20.1 Å². The molecule has 0 aliphatic heterocycles. The van der Waals surface area contributed by atoms with Crippen LogP contribution in [0.2, 0.25) is 0 Å². The summed E-state index contributed by atoms with van der Waals surface area (Å²) >= 11 is 0. The molecule has 1 atom stereocenters. The highest BCUT2D eigenvalue weighted by molar-refractivity contribution is 5.80. The standard InChI is InChI=1S/C20H26FN3O2/c1-13-6-7-15(10-18(13)21)14(2)24-20(22-3)23-12-16-8-9-17(25-4)11-19(16)26-5/h6-11,14H,12H2,1-5H3,(H2,22,23,24). The number of hydrogen-bond acceptors (Lipinski definition) is 3. The van der Waals surface area contributed by atoms with Gasteiger partial charge in [0.2, 0.25) is 0 Å². The molecule has 0 heterocycles. The van der Waals surface area contributed by atoms with Gasteiger partial charge >= 0.3 is 0 Å². The second kappa shape index (κ2) is 9.08. The Morgan fingerprint density at radius 1 is 1.15 bits per heavy atom. The molecule has 2 rings (SSSR count). The lowest BCUT2D eigenvalue weighted by Gasteiger charge is -2.19. The quantitative estimate of drug-likeness (QED) is 0.611. The molecule has 0 bridgehead atoms. The summed E-state index contributed by atoms with van der Waals surface area (Å²) in [4.78, 5) is 4.23. The van der Waals surface area contributed by atoms with Crippen LogP contribution in [0.3, 0.4) is 0 Å². The summed E-state index contributed by atoms with van der Waals surface area (Å²) in [5, 5.41) is 6.52. The van der Waals surface area contributed by atoms with Crippen LogP contribution in [-0.4, -0.2) is 27.2 Å². The van der Waals surface area contributed by atoms with Crippen LogP contribution in [0.15, 0.2) is 41.4 Å². The number of halogens is 1. The molecule has 0 fully saturated rings. The molecule has 0 radical (unpaired) electrons. The SMILES string of the molecule is CN=C(NCc1ccc(OC)cc1OC)NC(C)c1ccc(C)c(F)c1. The molecule has 0 amide bonds. The fraction of sp³-hybridized carbons (Fsp3) is 0.350. The fourth-order valence-corrected chi connectivity index (χ4v) is 2.54. The number of guanidine groups is 1. The number of nitrogens with zero attached hydrogens (tertiary/aromatic N) is 1. The minimum atomic E-state index is -0.206. The second-order valence-corrected chi connectivity index (χ2v) is 5.98. The van der Waals surface area contributed by atoms with Crippen molar-refractivity contribution in [1.29, 1.82) is 0 Å². The molecule has 6 heteroatoms. The maximum atomic E-state index is 13.8. The third-order valence-corrected chi connectivity index (χ3v) is 4.21. The topological polar surface area (TPSA) is 54.9 Å². The summed E-state index contributed by atoms with van der Waals surface area (Å²) in [6.07, 6.45) is 0. The lowest BCUT2D eigenvalue weighted by molar-refractivity contribution is 0.390. The van der Waals surface area contributed by atoms with Gasteiger partial charge in [0.05, 0.1) is 20.3 Å². The van der Waals surface area contributed by atoms with Gasteiger partial charge in [-0.2, -0.15) is 0 Å². The molecule has 2 aromatic carbocycles. The van der Waals surface area contributed by atoms with Crippen LogP contribution in [0.1, 0.15) is 29.7 Å². The Morgan fingerprint density at radius 3 is 2.54 bits per heavy atom. The molecule has 0 saturated carbocycles. The predicted octanol–water partition coefficient (Wildman–Crippen LogP) is 3.58. The predicted molar refractivity (Wildman–Crippen MR) is 102 cm³/mol. The summed E-state index contributed by atoms with van der Waals surface area (Å²) in [5.74, 6) is 1.89. The summed E-state index contributed by atoms with van der Waals surface area (Å²) < 4.78 is 24.4. The number of benzene rings is 2. The zero-order valence-corrected chi connectivity index (χ0v) is 15.9. The largest absolute Gasteiger partial charge is 0.497 e. The minimum absolute atomic E-state index is 0.0888. The Hall–Kier alpha value is -2.76. The number of nitrogens with one attached hydrogen (secondary N) is 2. The second-order valence-electron chi connectivity index (χ2n) is 5.98. The Kier molecular flexibility index (Phi) is 6.83. The summed E-state index contributed by atoms with van der Waals surface area (Å²) in [5.41, 5.74) is 2.47. The molecular weight excluding hydrogens is 333 g/mol. The van der Waals surface area contributed by atoms with Gasteiger partial charge in [0.1, 0.15) is 17.3 Å².